The fourth-order valence-electron chi connectivity index (χ4n) is 3.76. The van der Waals surface area contributed by atoms with Gasteiger partial charge in [0, 0.05) is 18.9 Å². The Morgan fingerprint density at radius 2 is 1.70 bits per heavy atom. The average molecular weight is 451 g/mol. The van der Waals surface area contributed by atoms with E-state index in [1.165, 1.54) is 0 Å². The second kappa shape index (κ2) is 9.49. The largest absolute Gasteiger partial charge is 0.480 e. The highest BCUT2D eigenvalue weighted by atomic mass is 16.5. The van der Waals surface area contributed by atoms with E-state index in [-0.39, 0.29) is 30.7 Å². The number of hydrogen-bond acceptors (Lipinski definition) is 7. The van der Waals surface area contributed by atoms with Crippen molar-refractivity contribution in [2.24, 2.45) is 0 Å². The summed E-state index contributed by atoms with van der Waals surface area (Å²) >= 11 is 0. The molecule has 1 aliphatic rings. The van der Waals surface area contributed by atoms with Crippen LogP contribution < -0.4 is 10.6 Å². The highest BCUT2D eigenvalue weighted by molar-refractivity contribution is 5.94. The maximum Gasteiger partial charge on any atom is 0.414 e. The molecule has 1 atom stereocenters. The van der Waals surface area contributed by atoms with Crippen molar-refractivity contribution in [3.05, 3.63) is 65.5 Å². The molecule has 1 aromatic heterocycles. The number of aromatic amines is 1. The van der Waals surface area contributed by atoms with Crippen LogP contribution in [0.15, 0.2) is 48.5 Å². The van der Waals surface area contributed by atoms with Gasteiger partial charge in [-0.3, -0.25) is 15.2 Å². The van der Waals surface area contributed by atoms with E-state index in [2.05, 4.69) is 25.8 Å². The number of amides is 2. The summed E-state index contributed by atoms with van der Waals surface area (Å²) < 4.78 is 5.39. The first-order valence-corrected chi connectivity index (χ1v) is 10.2. The first kappa shape index (κ1) is 22.0. The summed E-state index contributed by atoms with van der Waals surface area (Å²) in [6, 6.07) is 14.6. The lowest BCUT2D eigenvalue weighted by Crippen LogP contribution is -2.41. The van der Waals surface area contributed by atoms with Gasteiger partial charge in [-0.1, -0.05) is 48.5 Å². The van der Waals surface area contributed by atoms with Gasteiger partial charge in [-0.25, -0.2) is 9.59 Å². The number of ether oxygens (including phenoxy) is 1. The number of anilines is 1. The Morgan fingerprint density at radius 1 is 1.06 bits per heavy atom. The Labute approximate surface area is 187 Å². The summed E-state index contributed by atoms with van der Waals surface area (Å²) in [6.07, 6.45) is -0.966. The van der Waals surface area contributed by atoms with Crippen molar-refractivity contribution in [1.82, 2.24) is 20.5 Å². The molecular formula is C22H21N5O6. The average Bonchev–Trinajstić information content (AvgIpc) is 3.40. The zero-order valence-electron chi connectivity index (χ0n) is 17.3. The molecule has 0 unspecified atom stereocenters. The van der Waals surface area contributed by atoms with Crippen molar-refractivity contribution in [2.45, 2.75) is 18.4 Å². The molecule has 11 heteroatoms. The molecule has 1 aliphatic carbocycles. The molecule has 2 amide bonds. The van der Waals surface area contributed by atoms with E-state index in [9.17, 15) is 14.4 Å². The summed E-state index contributed by atoms with van der Waals surface area (Å²) in [4.78, 5) is 39.3. The van der Waals surface area contributed by atoms with E-state index in [1.54, 1.807) is 0 Å². The molecule has 33 heavy (non-hydrogen) atoms. The number of carbonyl (C=O) groups excluding carboxylic acids is 2. The number of fused-ring (bicyclic) bond motifs is 3. The molecule has 0 fully saturated rings. The molecule has 0 bridgehead atoms. The van der Waals surface area contributed by atoms with Crippen LogP contribution in [-0.2, 0) is 9.53 Å². The molecule has 3 aromatic rings. The predicted octanol–water partition coefficient (Wildman–Crippen LogP) is 1.73. The number of carbonyl (C=O) groups is 3. The van der Waals surface area contributed by atoms with E-state index in [4.69, 9.17) is 14.9 Å². The number of benzene rings is 2. The van der Waals surface area contributed by atoms with Gasteiger partial charge in [-0.15, -0.1) is 5.10 Å². The second-order valence-corrected chi connectivity index (χ2v) is 7.33. The molecule has 2 aromatic carbocycles. The standard InChI is InChI=1S/C22H21N5O6/c28-10-9-17(20(30)31)23-19(29)18-24-21(27-26-18)25-22(32)33-11-16-14-7-3-1-5-12(14)13-6-2-4-8-15(13)16/h1-8,16-17,28H,9-11H2,(H,23,29)(H,30,31)(H2,24,25,26,27,32)/t17-/m0/s1. The van der Waals surface area contributed by atoms with Crippen molar-refractivity contribution in [2.75, 3.05) is 18.5 Å². The van der Waals surface area contributed by atoms with Crippen molar-refractivity contribution < 1.29 is 29.3 Å². The number of H-pyrrole nitrogens is 1. The summed E-state index contributed by atoms with van der Waals surface area (Å²) in [5, 5.41) is 28.5. The van der Waals surface area contributed by atoms with Gasteiger partial charge >= 0.3 is 12.1 Å². The lowest BCUT2D eigenvalue weighted by Gasteiger charge is -2.13. The topological polar surface area (TPSA) is 167 Å². The van der Waals surface area contributed by atoms with E-state index in [0.717, 1.165) is 22.3 Å². The van der Waals surface area contributed by atoms with E-state index >= 15 is 0 Å². The number of nitrogens with zero attached hydrogens (tertiary/aromatic N) is 2. The Bertz CT molecular complexity index is 1150. The number of aliphatic hydroxyl groups is 1. The Kier molecular flexibility index (Phi) is 6.31. The Balaban J connectivity index is 1.36. The molecule has 0 saturated carbocycles. The maximum atomic E-state index is 12.3. The lowest BCUT2D eigenvalue weighted by atomic mass is 9.98. The highest BCUT2D eigenvalue weighted by Crippen LogP contribution is 2.44. The fraction of sp³-hybridized carbons (Fsp3) is 0.227. The molecular weight excluding hydrogens is 430 g/mol. The number of aliphatic carboxylic acids is 1. The van der Waals surface area contributed by atoms with Gasteiger partial charge in [0.25, 0.3) is 11.9 Å². The van der Waals surface area contributed by atoms with Crippen LogP contribution >= 0.6 is 0 Å². The molecule has 11 nitrogen and oxygen atoms in total. The van der Waals surface area contributed by atoms with Crippen molar-refractivity contribution >= 4 is 23.9 Å². The minimum absolute atomic E-state index is 0.0963. The number of carboxylic acid groups (broad SMARTS) is 1. The quantitative estimate of drug-likeness (QED) is 0.345. The third-order valence-electron chi connectivity index (χ3n) is 5.28. The molecule has 4 rings (SSSR count). The minimum atomic E-state index is -1.30. The van der Waals surface area contributed by atoms with Crippen molar-refractivity contribution in [1.29, 1.82) is 0 Å². The molecule has 0 spiro atoms. The van der Waals surface area contributed by atoms with Gasteiger partial charge in [-0.05, 0) is 22.3 Å². The van der Waals surface area contributed by atoms with Gasteiger partial charge in [0.2, 0.25) is 5.82 Å². The van der Waals surface area contributed by atoms with Crippen LogP contribution in [0.4, 0.5) is 10.7 Å². The van der Waals surface area contributed by atoms with Crippen LogP contribution in [0, 0.1) is 0 Å². The van der Waals surface area contributed by atoms with Crippen LogP contribution in [0.25, 0.3) is 11.1 Å². The molecule has 0 saturated heterocycles. The number of nitrogens with one attached hydrogen (secondary N) is 3. The van der Waals surface area contributed by atoms with Gasteiger partial charge in [0.05, 0.1) is 0 Å². The van der Waals surface area contributed by atoms with E-state index in [1.807, 2.05) is 48.5 Å². The summed E-state index contributed by atoms with van der Waals surface area (Å²) in [7, 11) is 0. The van der Waals surface area contributed by atoms with Crippen molar-refractivity contribution in [3.8, 4) is 11.1 Å². The molecule has 0 aliphatic heterocycles. The molecule has 5 N–H and O–H groups in total. The second-order valence-electron chi connectivity index (χ2n) is 7.33. The van der Waals surface area contributed by atoms with Crippen LogP contribution in [0.5, 0.6) is 0 Å². The predicted molar refractivity (Wildman–Crippen MR) is 116 cm³/mol. The monoisotopic (exact) mass is 451 g/mol. The fourth-order valence-corrected chi connectivity index (χ4v) is 3.76. The van der Waals surface area contributed by atoms with Gasteiger partial charge < -0.3 is 20.3 Å². The van der Waals surface area contributed by atoms with Crippen molar-refractivity contribution in [3.63, 3.8) is 0 Å². The number of rotatable bonds is 8. The summed E-state index contributed by atoms with van der Waals surface area (Å²) in [5.74, 6) is -2.76. The Morgan fingerprint density at radius 3 is 2.30 bits per heavy atom. The SMILES string of the molecule is O=C(Nc1n[nH]c(C(=O)N[C@@H](CCO)C(=O)O)n1)OCC1c2ccccc2-c2ccccc21. The first-order valence-electron chi connectivity index (χ1n) is 10.2. The normalized spacial score (nSPS) is 13.0. The van der Waals surface area contributed by atoms with Crippen LogP contribution in [0.1, 0.15) is 34.1 Å². The van der Waals surface area contributed by atoms with Crippen LogP contribution in [0.2, 0.25) is 0 Å². The number of hydrogen-bond donors (Lipinski definition) is 5. The molecule has 170 valence electrons. The number of aliphatic hydroxyl groups excluding tert-OH is 1. The third kappa shape index (κ3) is 4.67. The summed E-state index contributed by atoms with van der Waals surface area (Å²) in [5.41, 5.74) is 4.35. The van der Waals surface area contributed by atoms with E-state index in [0.29, 0.717) is 0 Å². The summed E-state index contributed by atoms with van der Waals surface area (Å²) in [6.45, 7) is -0.318. The zero-order valence-corrected chi connectivity index (χ0v) is 17.3. The highest BCUT2D eigenvalue weighted by Gasteiger charge is 2.29. The van der Waals surface area contributed by atoms with Crippen LogP contribution in [-0.4, -0.2) is 62.6 Å². The van der Waals surface area contributed by atoms with Crippen LogP contribution in [0.3, 0.4) is 0 Å². The third-order valence-corrected chi connectivity index (χ3v) is 5.28. The Hall–Kier alpha value is -4.25. The molecule has 1 heterocycles. The van der Waals surface area contributed by atoms with Gasteiger partial charge in [0.15, 0.2) is 0 Å². The first-order chi connectivity index (χ1) is 16.0. The van der Waals surface area contributed by atoms with Gasteiger partial charge in [0.1, 0.15) is 12.6 Å². The van der Waals surface area contributed by atoms with E-state index < -0.39 is 30.6 Å². The lowest BCUT2D eigenvalue weighted by molar-refractivity contribution is -0.139. The number of aromatic nitrogens is 3. The molecule has 0 radical (unpaired) electrons. The minimum Gasteiger partial charge on any atom is -0.480 e. The maximum absolute atomic E-state index is 12.3. The smallest absolute Gasteiger partial charge is 0.414 e. The van der Waals surface area contributed by atoms with Gasteiger partial charge in [-0.2, -0.15) is 4.98 Å². The zero-order chi connectivity index (χ0) is 23.4. The number of carboxylic acids is 1.